The number of hydrogen-bond donors (Lipinski definition) is 2. The average molecular weight is 403 g/mol. The number of carbonyl (C=O) groups is 2. The summed E-state index contributed by atoms with van der Waals surface area (Å²) in [6.07, 6.45) is 1.42. The fraction of sp³-hybridized carbons (Fsp3) is 0.636. The molecule has 0 aromatic heterocycles. The second kappa shape index (κ2) is 10.1. The topological polar surface area (TPSA) is 73.9 Å². The summed E-state index contributed by atoms with van der Waals surface area (Å²) in [6, 6.07) is 8.48. The summed E-state index contributed by atoms with van der Waals surface area (Å²) in [5.74, 6) is 0.104. The molecule has 1 unspecified atom stereocenters. The number of benzene rings is 1. The summed E-state index contributed by atoms with van der Waals surface area (Å²) in [7, 11) is 0. The molecule has 1 aromatic rings. The molecule has 2 N–H and O–H groups in total. The van der Waals surface area contributed by atoms with E-state index in [4.69, 9.17) is 4.74 Å². The van der Waals surface area contributed by atoms with E-state index in [0.29, 0.717) is 32.0 Å². The highest BCUT2D eigenvalue weighted by atomic mass is 16.5. The number of nitrogens with zero attached hydrogens (tertiary/aromatic N) is 2. The Morgan fingerprint density at radius 2 is 1.62 bits per heavy atom. The molecule has 2 heterocycles. The van der Waals surface area contributed by atoms with Crippen molar-refractivity contribution < 1.29 is 14.3 Å². The summed E-state index contributed by atoms with van der Waals surface area (Å²) in [5.41, 5.74) is 2.04. The van der Waals surface area contributed by atoms with Crippen LogP contribution in [0.5, 0.6) is 0 Å². The zero-order valence-electron chi connectivity index (χ0n) is 17.8. The lowest BCUT2D eigenvalue weighted by Crippen LogP contribution is -2.45. The third kappa shape index (κ3) is 5.93. The Morgan fingerprint density at radius 1 is 1.00 bits per heavy atom. The molecule has 2 fully saturated rings. The predicted octanol–water partition coefficient (Wildman–Crippen LogP) is 2.85. The van der Waals surface area contributed by atoms with Gasteiger partial charge in [-0.15, -0.1) is 0 Å². The molecule has 1 atom stereocenters. The minimum Gasteiger partial charge on any atom is -0.379 e. The lowest BCUT2D eigenvalue weighted by molar-refractivity contribution is -0.126. The molecule has 2 aliphatic heterocycles. The van der Waals surface area contributed by atoms with Crippen molar-refractivity contribution in [3.63, 3.8) is 0 Å². The fourth-order valence-electron chi connectivity index (χ4n) is 3.97. The molecule has 0 saturated carbocycles. The number of nitrogens with one attached hydrogen (secondary N) is 2. The Hall–Kier alpha value is -2.12. The summed E-state index contributed by atoms with van der Waals surface area (Å²) >= 11 is 0. The van der Waals surface area contributed by atoms with E-state index in [-0.39, 0.29) is 23.9 Å². The van der Waals surface area contributed by atoms with Gasteiger partial charge in [0.25, 0.3) is 0 Å². The average Bonchev–Trinajstić information content (AvgIpc) is 2.74. The number of anilines is 1. The van der Waals surface area contributed by atoms with Gasteiger partial charge in [0.2, 0.25) is 5.91 Å². The third-order valence-corrected chi connectivity index (χ3v) is 5.82. The van der Waals surface area contributed by atoms with E-state index < -0.39 is 0 Å². The molecule has 160 valence electrons. The number of hydrogen-bond acceptors (Lipinski definition) is 4. The van der Waals surface area contributed by atoms with Crippen molar-refractivity contribution in [2.75, 3.05) is 44.7 Å². The first-order valence-electron chi connectivity index (χ1n) is 10.7. The van der Waals surface area contributed by atoms with Crippen molar-refractivity contribution in [1.82, 2.24) is 15.1 Å². The highest BCUT2D eigenvalue weighted by Crippen LogP contribution is 2.23. The molecule has 7 nitrogen and oxygen atoms in total. The summed E-state index contributed by atoms with van der Waals surface area (Å²) in [4.78, 5) is 28.9. The molecule has 29 heavy (non-hydrogen) atoms. The molecule has 0 spiro atoms. The van der Waals surface area contributed by atoms with Crippen molar-refractivity contribution in [2.45, 2.75) is 45.7 Å². The highest BCUT2D eigenvalue weighted by molar-refractivity contribution is 5.89. The van der Waals surface area contributed by atoms with Gasteiger partial charge in [0, 0.05) is 49.9 Å². The largest absolute Gasteiger partial charge is 0.379 e. The Kier molecular flexibility index (Phi) is 7.50. The minimum atomic E-state index is -0.0957. The maximum Gasteiger partial charge on any atom is 0.321 e. The van der Waals surface area contributed by atoms with Crippen molar-refractivity contribution in [1.29, 1.82) is 0 Å². The Labute approximate surface area is 173 Å². The van der Waals surface area contributed by atoms with E-state index in [1.165, 1.54) is 5.56 Å². The number of carbonyl (C=O) groups excluding carboxylic acids is 2. The van der Waals surface area contributed by atoms with Gasteiger partial charge in [-0.05, 0) is 51.3 Å². The molecule has 2 aliphatic rings. The van der Waals surface area contributed by atoms with E-state index in [9.17, 15) is 9.59 Å². The molecular weight excluding hydrogens is 368 g/mol. The van der Waals surface area contributed by atoms with Gasteiger partial charge >= 0.3 is 6.03 Å². The van der Waals surface area contributed by atoms with Gasteiger partial charge in [-0.2, -0.15) is 0 Å². The molecule has 7 heteroatoms. The van der Waals surface area contributed by atoms with Crippen molar-refractivity contribution >= 4 is 17.6 Å². The van der Waals surface area contributed by atoms with Gasteiger partial charge in [-0.3, -0.25) is 9.69 Å². The van der Waals surface area contributed by atoms with Gasteiger partial charge < -0.3 is 20.3 Å². The molecular formula is C22H34N4O3. The van der Waals surface area contributed by atoms with Crippen LogP contribution in [-0.2, 0) is 9.53 Å². The van der Waals surface area contributed by atoms with Gasteiger partial charge in [-0.1, -0.05) is 12.1 Å². The van der Waals surface area contributed by atoms with Gasteiger partial charge in [-0.25, -0.2) is 4.79 Å². The summed E-state index contributed by atoms with van der Waals surface area (Å²) in [5, 5.41) is 5.95. The molecule has 0 aliphatic carbocycles. The molecule has 0 bridgehead atoms. The maximum absolute atomic E-state index is 12.6. The van der Waals surface area contributed by atoms with Crippen molar-refractivity contribution in [3.8, 4) is 0 Å². The van der Waals surface area contributed by atoms with E-state index in [1.807, 2.05) is 26.0 Å². The van der Waals surface area contributed by atoms with E-state index in [0.717, 1.165) is 32.0 Å². The van der Waals surface area contributed by atoms with Crippen LogP contribution in [0.3, 0.4) is 0 Å². The normalized spacial score (nSPS) is 19.8. The van der Waals surface area contributed by atoms with Crippen LogP contribution < -0.4 is 10.6 Å². The first-order chi connectivity index (χ1) is 13.9. The molecule has 2 saturated heterocycles. The zero-order valence-corrected chi connectivity index (χ0v) is 17.8. The highest BCUT2D eigenvalue weighted by Gasteiger charge is 2.27. The number of urea groups is 1. The lowest BCUT2D eigenvalue weighted by Gasteiger charge is -2.33. The Balaban J connectivity index is 1.48. The minimum absolute atomic E-state index is 0.00223. The monoisotopic (exact) mass is 402 g/mol. The maximum atomic E-state index is 12.6. The van der Waals surface area contributed by atoms with E-state index in [1.54, 1.807) is 4.90 Å². The number of morpholine rings is 1. The van der Waals surface area contributed by atoms with Crippen LogP contribution in [0.25, 0.3) is 0 Å². The quantitative estimate of drug-likeness (QED) is 0.794. The van der Waals surface area contributed by atoms with Crippen LogP contribution in [0.15, 0.2) is 24.3 Å². The van der Waals surface area contributed by atoms with Crippen LogP contribution in [0.4, 0.5) is 10.5 Å². The summed E-state index contributed by atoms with van der Waals surface area (Å²) < 4.78 is 5.43. The number of rotatable bonds is 5. The molecule has 1 aromatic carbocycles. The van der Waals surface area contributed by atoms with Gasteiger partial charge in [0.1, 0.15) is 0 Å². The second-order valence-electron chi connectivity index (χ2n) is 8.30. The second-order valence-corrected chi connectivity index (χ2v) is 8.30. The Morgan fingerprint density at radius 3 is 2.21 bits per heavy atom. The molecule has 3 rings (SSSR count). The fourth-order valence-corrected chi connectivity index (χ4v) is 3.97. The van der Waals surface area contributed by atoms with Crippen LogP contribution >= 0.6 is 0 Å². The first-order valence-corrected chi connectivity index (χ1v) is 10.7. The lowest BCUT2D eigenvalue weighted by atomic mass is 9.96. The van der Waals surface area contributed by atoms with Crippen LogP contribution in [0.1, 0.15) is 45.2 Å². The smallest absolute Gasteiger partial charge is 0.321 e. The van der Waals surface area contributed by atoms with Crippen molar-refractivity contribution in [2.24, 2.45) is 5.92 Å². The number of ether oxygens (including phenoxy) is 1. The predicted molar refractivity (Wildman–Crippen MR) is 114 cm³/mol. The zero-order chi connectivity index (χ0) is 20.8. The first kappa shape index (κ1) is 21.6. The number of likely N-dealkylation sites (tertiary alicyclic amines) is 1. The number of amides is 3. The van der Waals surface area contributed by atoms with Crippen LogP contribution in [0.2, 0.25) is 0 Å². The summed E-state index contributed by atoms with van der Waals surface area (Å²) in [6.45, 7) is 10.8. The SMILES string of the molecule is CC(C)NC(=O)C1CCN(C(=O)Nc2ccc(C(C)N3CCOCC3)cc2)CC1. The van der Waals surface area contributed by atoms with Gasteiger partial charge in [0.15, 0.2) is 0 Å². The van der Waals surface area contributed by atoms with Crippen LogP contribution in [0, 0.1) is 5.92 Å². The van der Waals surface area contributed by atoms with E-state index >= 15 is 0 Å². The van der Waals surface area contributed by atoms with Crippen molar-refractivity contribution in [3.05, 3.63) is 29.8 Å². The molecule has 0 radical (unpaired) electrons. The third-order valence-electron chi connectivity index (χ3n) is 5.82. The van der Waals surface area contributed by atoms with Crippen LogP contribution in [-0.4, -0.2) is 67.2 Å². The standard InChI is InChI=1S/C22H34N4O3/c1-16(2)23-21(27)19-8-10-26(11-9-19)22(28)24-20-6-4-18(5-7-20)17(3)25-12-14-29-15-13-25/h4-7,16-17,19H,8-15H2,1-3H3,(H,23,27)(H,24,28). The van der Waals surface area contributed by atoms with E-state index in [2.05, 4.69) is 34.6 Å². The molecule has 3 amide bonds. The number of piperidine rings is 1. The van der Waals surface area contributed by atoms with Gasteiger partial charge in [0.05, 0.1) is 13.2 Å². The Bertz CT molecular complexity index is 678.